The van der Waals surface area contributed by atoms with Crippen LogP contribution in [0.15, 0.2) is 30.3 Å². The third-order valence-corrected chi connectivity index (χ3v) is 2.75. The van der Waals surface area contributed by atoms with Crippen LogP contribution in [-0.4, -0.2) is 12.6 Å². The minimum Gasteiger partial charge on any atom is -0.465 e. The first-order valence-electron chi connectivity index (χ1n) is 6.38. The maximum absolute atomic E-state index is 11.6. The van der Waals surface area contributed by atoms with Crippen LogP contribution < -0.4 is 0 Å². The summed E-state index contributed by atoms with van der Waals surface area (Å²) < 4.78 is 5.06. The fourth-order valence-electron chi connectivity index (χ4n) is 1.61. The Bertz CT molecular complexity index is 395. The van der Waals surface area contributed by atoms with Crippen LogP contribution in [0, 0.1) is 17.2 Å². The average Bonchev–Trinajstić information content (AvgIpc) is 2.41. The van der Waals surface area contributed by atoms with Gasteiger partial charge in [-0.05, 0) is 24.8 Å². The lowest BCUT2D eigenvalue weighted by molar-refractivity contribution is -0.146. The molecule has 0 fully saturated rings. The standard InChI is InChI=1S/C15H19NO2/c1-2-3-11-18-15(17)14(12-16)10-9-13-7-5-4-6-8-13/h4-8,14H,2-3,9-11H2,1H3. The van der Waals surface area contributed by atoms with Crippen molar-refractivity contribution in [2.75, 3.05) is 6.61 Å². The molecular formula is C15H19NO2. The van der Waals surface area contributed by atoms with Gasteiger partial charge in [0.05, 0.1) is 12.7 Å². The van der Waals surface area contributed by atoms with Crippen molar-refractivity contribution < 1.29 is 9.53 Å². The predicted octanol–water partition coefficient (Wildman–Crippen LogP) is 3.10. The van der Waals surface area contributed by atoms with Gasteiger partial charge in [-0.1, -0.05) is 43.7 Å². The molecule has 0 saturated carbocycles. The van der Waals surface area contributed by atoms with Crippen molar-refractivity contribution in [2.24, 2.45) is 5.92 Å². The third kappa shape index (κ3) is 5.01. The summed E-state index contributed by atoms with van der Waals surface area (Å²) >= 11 is 0. The molecule has 1 aromatic carbocycles. The molecule has 0 bridgehead atoms. The molecule has 0 aliphatic rings. The number of benzene rings is 1. The van der Waals surface area contributed by atoms with Gasteiger partial charge in [0.2, 0.25) is 0 Å². The van der Waals surface area contributed by atoms with E-state index >= 15 is 0 Å². The fraction of sp³-hybridized carbons (Fsp3) is 0.467. The maximum Gasteiger partial charge on any atom is 0.323 e. The smallest absolute Gasteiger partial charge is 0.323 e. The number of esters is 1. The van der Waals surface area contributed by atoms with Gasteiger partial charge in [0.15, 0.2) is 0 Å². The zero-order valence-corrected chi connectivity index (χ0v) is 10.8. The molecule has 0 saturated heterocycles. The van der Waals surface area contributed by atoms with E-state index in [1.165, 1.54) is 0 Å². The summed E-state index contributed by atoms with van der Waals surface area (Å²) in [6.07, 6.45) is 3.07. The average molecular weight is 245 g/mol. The normalized spacial score (nSPS) is 11.6. The second-order valence-corrected chi connectivity index (χ2v) is 4.23. The van der Waals surface area contributed by atoms with Crippen molar-refractivity contribution in [1.29, 1.82) is 5.26 Å². The van der Waals surface area contributed by atoms with Crippen molar-refractivity contribution in [2.45, 2.75) is 32.6 Å². The van der Waals surface area contributed by atoms with Crippen LogP contribution in [0.2, 0.25) is 0 Å². The minimum absolute atomic E-state index is 0.387. The Hall–Kier alpha value is -1.82. The molecular weight excluding hydrogens is 226 g/mol. The van der Waals surface area contributed by atoms with Crippen LogP contribution >= 0.6 is 0 Å². The number of carbonyl (C=O) groups excluding carboxylic acids is 1. The van der Waals surface area contributed by atoms with E-state index in [0.29, 0.717) is 13.0 Å². The van der Waals surface area contributed by atoms with Gasteiger partial charge < -0.3 is 4.74 Å². The molecule has 0 N–H and O–H groups in total. The largest absolute Gasteiger partial charge is 0.465 e. The summed E-state index contributed by atoms with van der Waals surface area (Å²) in [4.78, 5) is 11.6. The SMILES string of the molecule is CCCCOC(=O)C(C#N)CCc1ccccc1. The van der Waals surface area contributed by atoms with Crippen LogP contribution in [0.25, 0.3) is 0 Å². The zero-order chi connectivity index (χ0) is 13.2. The highest BCUT2D eigenvalue weighted by Crippen LogP contribution is 2.11. The van der Waals surface area contributed by atoms with Gasteiger partial charge >= 0.3 is 5.97 Å². The quantitative estimate of drug-likeness (QED) is 0.548. The van der Waals surface area contributed by atoms with Gasteiger partial charge in [0.25, 0.3) is 0 Å². The predicted molar refractivity (Wildman–Crippen MR) is 69.7 cm³/mol. The number of ether oxygens (including phenoxy) is 1. The molecule has 1 atom stereocenters. The highest BCUT2D eigenvalue weighted by Gasteiger charge is 2.18. The molecule has 0 aliphatic carbocycles. The number of carbonyl (C=O) groups is 1. The van der Waals surface area contributed by atoms with E-state index in [2.05, 4.69) is 0 Å². The fourth-order valence-corrected chi connectivity index (χ4v) is 1.61. The Morgan fingerprint density at radius 3 is 2.72 bits per heavy atom. The van der Waals surface area contributed by atoms with Gasteiger partial charge in [0.1, 0.15) is 5.92 Å². The summed E-state index contributed by atoms with van der Waals surface area (Å²) in [6.45, 7) is 2.45. The lowest BCUT2D eigenvalue weighted by Gasteiger charge is -2.09. The van der Waals surface area contributed by atoms with Crippen molar-refractivity contribution in [3.8, 4) is 6.07 Å². The highest BCUT2D eigenvalue weighted by atomic mass is 16.5. The van der Waals surface area contributed by atoms with Crippen molar-refractivity contribution in [3.63, 3.8) is 0 Å². The molecule has 1 aromatic rings. The van der Waals surface area contributed by atoms with E-state index in [9.17, 15) is 4.79 Å². The van der Waals surface area contributed by atoms with E-state index in [1.54, 1.807) is 0 Å². The lowest BCUT2D eigenvalue weighted by Crippen LogP contribution is -2.17. The monoisotopic (exact) mass is 245 g/mol. The van der Waals surface area contributed by atoms with E-state index in [1.807, 2.05) is 43.3 Å². The molecule has 3 nitrogen and oxygen atoms in total. The number of unbranched alkanes of at least 4 members (excludes halogenated alkanes) is 1. The van der Waals surface area contributed by atoms with Gasteiger partial charge in [-0.15, -0.1) is 0 Å². The summed E-state index contributed by atoms with van der Waals surface area (Å²) in [7, 11) is 0. The van der Waals surface area contributed by atoms with Crippen molar-refractivity contribution in [3.05, 3.63) is 35.9 Å². The third-order valence-electron chi connectivity index (χ3n) is 2.75. The number of hydrogen-bond acceptors (Lipinski definition) is 3. The molecule has 96 valence electrons. The van der Waals surface area contributed by atoms with Crippen LogP contribution in [0.3, 0.4) is 0 Å². The van der Waals surface area contributed by atoms with E-state index in [0.717, 1.165) is 24.8 Å². The molecule has 0 radical (unpaired) electrons. The Kier molecular flexibility index (Phi) is 6.56. The molecule has 0 aromatic heterocycles. The van der Waals surface area contributed by atoms with Gasteiger partial charge in [-0.2, -0.15) is 5.26 Å². The Labute approximate surface area is 108 Å². The number of hydrogen-bond donors (Lipinski definition) is 0. The summed E-state index contributed by atoms with van der Waals surface area (Å²) in [5, 5.41) is 8.98. The number of nitrogens with zero attached hydrogens (tertiary/aromatic N) is 1. The highest BCUT2D eigenvalue weighted by molar-refractivity contribution is 5.75. The van der Waals surface area contributed by atoms with Crippen molar-refractivity contribution >= 4 is 5.97 Å². The van der Waals surface area contributed by atoms with E-state index < -0.39 is 5.92 Å². The molecule has 0 aliphatic heterocycles. The van der Waals surface area contributed by atoms with Crippen LogP contribution in [0.5, 0.6) is 0 Å². The number of rotatable bonds is 7. The first-order valence-corrected chi connectivity index (χ1v) is 6.38. The molecule has 3 heteroatoms. The second-order valence-electron chi connectivity index (χ2n) is 4.23. The second kappa shape index (κ2) is 8.30. The summed E-state index contributed by atoms with van der Waals surface area (Å²) in [5.41, 5.74) is 1.14. The van der Waals surface area contributed by atoms with Crippen LogP contribution in [0.4, 0.5) is 0 Å². The number of nitriles is 1. The van der Waals surface area contributed by atoms with Crippen LogP contribution in [0.1, 0.15) is 31.7 Å². The van der Waals surface area contributed by atoms with E-state index in [-0.39, 0.29) is 5.97 Å². The first kappa shape index (κ1) is 14.2. The molecule has 0 amide bonds. The molecule has 0 spiro atoms. The lowest BCUT2D eigenvalue weighted by atomic mass is 10.0. The molecule has 1 unspecified atom stereocenters. The Morgan fingerprint density at radius 2 is 2.11 bits per heavy atom. The summed E-state index contributed by atoms with van der Waals surface area (Å²) in [6, 6.07) is 11.9. The Morgan fingerprint density at radius 1 is 1.39 bits per heavy atom. The van der Waals surface area contributed by atoms with Crippen molar-refractivity contribution in [1.82, 2.24) is 0 Å². The first-order chi connectivity index (χ1) is 8.77. The van der Waals surface area contributed by atoms with Gasteiger partial charge in [-0.25, -0.2) is 0 Å². The van der Waals surface area contributed by atoms with E-state index in [4.69, 9.17) is 10.00 Å². The summed E-state index contributed by atoms with van der Waals surface area (Å²) in [5.74, 6) is -1.04. The minimum atomic E-state index is -0.651. The van der Waals surface area contributed by atoms with Gasteiger partial charge in [-0.3, -0.25) is 4.79 Å². The maximum atomic E-state index is 11.6. The number of aryl methyl sites for hydroxylation is 1. The van der Waals surface area contributed by atoms with Gasteiger partial charge in [0, 0.05) is 0 Å². The molecule has 18 heavy (non-hydrogen) atoms. The van der Waals surface area contributed by atoms with Crippen LogP contribution in [-0.2, 0) is 16.0 Å². The Balaban J connectivity index is 2.38. The molecule has 0 heterocycles. The molecule has 1 rings (SSSR count). The zero-order valence-electron chi connectivity index (χ0n) is 10.8. The topological polar surface area (TPSA) is 50.1 Å².